The van der Waals surface area contributed by atoms with Gasteiger partial charge in [-0.05, 0) is 27.7 Å². The first-order chi connectivity index (χ1) is 6.14. The van der Waals surface area contributed by atoms with Crippen molar-refractivity contribution < 1.29 is 13.2 Å². The average Bonchev–Trinajstić information content (AvgIpc) is 2.27. The Morgan fingerprint density at radius 2 is 1.71 bits per heavy atom. The molecule has 0 bridgehead atoms. The van der Waals surface area contributed by atoms with E-state index in [-0.39, 0.29) is 0 Å². The molecule has 0 unspecified atom stereocenters. The molecule has 1 aromatic rings. The minimum Gasteiger partial charge on any atom is -0.320 e. The smallest absolute Gasteiger partial charge is 0.320 e. The average molecular weight is 206 g/mol. The van der Waals surface area contributed by atoms with Crippen LogP contribution in [0.25, 0.3) is 0 Å². The van der Waals surface area contributed by atoms with Crippen molar-refractivity contribution in [2.24, 2.45) is 0 Å². The third-order valence-electron chi connectivity index (χ3n) is 1.86. The van der Waals surface area contributed by atoms with Gasteiger partial charge in [0.15, 0.2) is 0 Å². The Labute approximate surface area is 80.8 Å². The van der Waals surface area contributed by atoms with E-state index in [0.717, 1.165) is 0 Å². The van der Waals surface area contributed by atoms with E-state index in [9.17, 15) is 13.2 Å². The largest absolute Gasteiger partial charge is 0.449 e. The molecule has 1 heterocycles. The van der Waals surface area contributed by atoms with Crippen LogP contribution in [-0.2, 0) is 11.7 Å². The van der Waals surface area contributed by atoms with Crippen LogP contribution in [0, 0.1) is 6.92 Å². The second kappa shape index (κ2) is 3.00. The topological polar surface area (TPSA) is 17.8 Å². The first kappa shape index (κ1) is 11.1. The molecular formula is C9H13F3N2. The zero-order valence-electron chi connectivity index (χ0n) is 8.61. The van der Waals surface area contributed by atoms with Crippen molar-refractivity contribution in [3.63, 3.8) is 0 Å². The van der Waals surface area contributed by atoms with Gasteiger partial charge in [0, 0.05) is 17.4 Å². The van der Waals surface area contributed by atoms with Crippen molar-refractivity contribution in [1.82, 2.24) is 9.55 Å². The monoisotopic (exact) mass is 206 g/mol. The van der Waals surface area contributed by atoms with E-state index >= 15 is 0 Å². The van der Waals surface area contributed by atoms with Crippen molar-refractivity contribution >= 4 is 0 Å². The summed E-state index contributed by atoms with van der Waals surface area (Å²) in [6.45, 7) is 6.78. The molecule has 0 fully saturated rings. The van der Waals surface area contributed by atoms with Crippen LogP contribution in [0.1, 0.15) is 32.3 Å². The number of alkyl halides is 3. The Hall–Kier alpha value is -1.00. The van der Waals surface area contributed by atoms with E-state index in [1.165, 1.54) is 10.8 Å². The molecule has 0 saturated heterocycles. The molecule has 14 heavy (non-hydrogen) atoms. The van der Waals surface area contributed by atoms with Crippen LogP contribution in [0.5, 0.6) is 0 Å². The molecule has 1 aromatic heterocycles. The van der Waals surface area contributed by atoms with E-state index in [1.807, 2.05) is 0 Å². The van der Waals surface area contributed by atoms with E-state index in [1.54, 1.807) is 27.7 Å². The molecule has 0 aliphatic rings. The maximum atomic E-state index is 12.5. The molecule has 0 amide bonds. The van der Waals surface area contributed by atoms with E-state index in [4.69, 9.17) is 0 Å². The Balaban J connectivity index is 3.35. The summed E-state index contributed by atoms with van der Waals surface area (Å²) >= 11 is 0. The van der Waals surface area contributed by atoms with Crippen molar-refractivity contribution in [1.29, 1.82) is 0 Å². The summed E-state index contributed by atoms with van der Waals surface area (Å²) in [7, 11) is 0. The highest BCUT2D eigenvalue weighted by molar-refractivity contribution is 5.09. The molecule has 80 valence electrons. The summed E-state index contributed by atoms with van der Waals surface area (Å²) in [5.74, 6) is -0.831. The molecule has 0 aliphatic heterocycles. The van der Waals surface area contributed by atoms with Crippen LogP contribution in [0.2, 0.25) is 0 Å². The number of nitrogens with zero attached hydrogens (tertiary/aromatic N) is 2. The maximum absolute atomic E-state index is 12.5. The molecule has 0 saturated carbocycles. The van der Waals surface area contributed by atoms with Crippen LogP contribution in [0.4, 0.5) is 13.2 Å². The van der Waals surface area contributed by atoms with Crippen LogP contribution in [0.15, 0.2) is 6.20 Å². The molecule has 0 atom stereocenters. The fourth-order valence-electron chi connectivity index (χ4n) is 1.48. The number of hydrogen-bond acceptors (Lipinski definition) is 1. The predicted molar refractivity (Wildman–Crippen MR) is 47.0 cm³/mol. The third-order valence-corrected chi connectivity index (χ3v) is 1.86. The van der Waals surface area contributed by atoms with Gasteiger partial charge in [0.05, 0.1) is 0 Å². The van der Waals surface area contributed by atoms with Gasteiger partial charge in [-0.1, -0.05) is 0 Å². The van der Waals surface area contributed by atoms with Crippen molar-refractivity contribution in [3.05, 3.63) is 17.7 Å². The van der Waals surface area contributed by atoms with E-state index < -0.39 is 17.5 Å². The molecular weight excluding hydrogens is 193 g/mol. The molecule has 0 spiro atoms. The predicted octanol–water partition coefficient (Wildman–Crippen LogP) is 2.97. The molecule has 0 radical (unpaired) electrons. The Kier molecular flexibility index (Phi) is 2.37. The van der Waals surface area contributed by atoms with Crippen molar-refractivity contribution in [2.45, 2.75) is 39.4 Å². The van der Waals surface area contributed by atoms with Gasteiger partial charge in [-0.15, -0.1) is 0 Å². The van der Waals surface area contributed by atoms with Crippen LogP contribution in [-0.4, -0.2) is 9.55 Å². The minimum absolute atomic E-state index is 0.518. The molecule has 2 nitrogen and oxygen atoms in total. The highest BCUT2D eigenvalue weighted by Crippen LogP contribution is 2.32. The number of aromatic nitrogens is 2. The second-order valence-corrected chi connectivity index (χ2v) is 4.23. The lowest BCUT2D eigenvalue weighted by molar-refractivity contribution is -0.149. The van der Waals surface area contributed by atoms with Gasteiger partial charge in [-0.2, -0.15) is 13.2 Å². The highest BCUT2D eigenvalue weighted by Gasteiger charge is 2.39. The van der Waals surface area contributed by atoms with Gasteiger partial charge >= 0.3 is 6.18 Å². The number of halogens is 3. The SMILES string of the molecule is Cc1cnc(C(F)(F)F)n1C(C)(C)C. The zero-order valence-corrected chi connectivity index (χ0v) is 8.61. The second-order valence-electron chi connectivity index (χ2n) is 4.23. The maximum Gasteiger partial charge on any atom is 0.449 e. The lowest BCUT2D eigenvalue weighted by Crippen LogP contribution is -2.28. The van der Waals surface area contributed by atoms with Crippen LogP contribution in [0.3, 0.4) is 0 Å². The first-order valence-corrected chi connectivity index (χ1v) is 4.26. The summed E-state index contributed by atoms with van der Waals surface area (Å²) in [6, 6.07) is 0. The Bertz CT molecular complexity index is 331. The molecule has 0 N–H and O–H groups in total. The van der Waals surface area contributed by atoms with Gasteiger partial charge in [0.1, 0.15) is 0 Å². The van der Waals surface area contributed by atoms with Crippen molar-refractivity contribution in [2.75, 3.05) is 0 Å². The fourth-order valence-corrected chi connectivity index (χ4v) is 1.48. The molecule has 5 heteroatoms. The zero-order chi connectivity index (χ0) is 11.1. The summed E-state index contributed by atoms with van der Waals surface area (Å²) in [5.41, 5.74) is -0.0874. The van der Waals surface area contributed by atoms with Crippen molar-refractivity contribution in [3.8, 4) is 0 Å². The number of rotatable bonds is 0. The van der Waals surface area contributed by atoms with Crippen LogP contribution < -0.4 is 0 Å². The normalized spacial score (nSPS) is 13.4. The van der Waals surface area contributed by atoms with Gasteiger partial charge in [0.2, 0.25) is 5.82 Å². The number of hydrogen-bond donors (Lipinski definition) is 0. The van der Waals surface area contributed by atoms with Gasteiger partial charge in [0.25, 0.3) is 0 Å². The Morgan fingerprint density at radius 3 is 2.00 bits per heavy atom. The summed E-state index contributed by atoms with van der Waals surface area (Å²) in [5, 5.41) is 0. The lowest BCUT2D eigenvalue weighted by Gasteiger charge is -2.25. The molecule has 0 aromatic carbocycles. The first-order valence-electron chi connectivity index (χ1n) is 4.26. The fraction of sp³-hybridized carbons (Fsp3) is 0.667. The summed E-state index contributed by atoms with van der Waals surface area (Å²) < 4.78 is 38.7. The van der Waals surface area contributed by atoms with E-state index in [0.29, 0.717) is 5.69 Å². The Morgan fingerprint density at radius 1 is 1.21 bits per heavy atom. The standard InChI is InChI=1S/C9H13F3N2/c1-6-5-13-7(9(10,11)12)14(6)8(2,3)4/h5H,1-4H3. The van der Waals surface area contributed by atoms with Crippen LogP contribution >= 0.6 is 0 Å². The van der Waals surface area contributed by atoms with Gasteiger partial charge < -0.3 is 4.57 Å². The lowest BCUT2D eigenvalue weighted by atomic mass is 10.1. The highest BCUT2D eigenvalue weighted by atomic mass is 19.4. The molecule has 1 rings (SSSR count). The quantitative estimate of drug-likeness (QED) is 0.638. The minimum atomic E-state index is -4.39. The van der Waals surface area contributed by atoms with Gasteiger partial charge in [-0.25, -0.2) is 4.98 Å². The molecule has 0 aliphatic carbocycles. The van der Waals surface area contributed by atoms with Gasteiger partial charge in [-0.3, -0.25) is 0 Å². The van der Waals surface area contributed by atoms with E-state index in [2.05, 4.69) is 4.98 Å². The summed E-state index contributed by atoms with van der Waals surface area (Å²) in [6.07, 6.45) is -3.14. The third kappa shape index (κ3) is 1.91. The number of aryl methyl sites for hydroxylation is 1. The number of imidazole rings is 1. The summed E-state index contributed by atoms with van der Waals surface area (Å²) in [4.78, 5) is 3.39.